The van der Waals surface area contributed by atoms with Crippen molar-refractivity contribution in [3.63, 3.8) is 0 Å². The number of hydrogen-bond donors (Lipinski definition) is 1. The Morgan fingerprint density at radius 3 is 2.50 bits per heavy atom. The van der Waals surface area contributed by atoms with Gasteiger partial charge >= 0.3 is 0 Å². The van der Waals surface area contributed by atoms with Crippen LogP contribution >= 0.6 is 0 Å². The van der Waals surface area contributed by atoms with E-state index in [2.05, 4.69) is 14.1 Å². The highest BCUT2D eigenvalue weighted by Crippen LogP contribution is 2.20. The number of anilines is 1. The molecule has 0 aliphatic carbocycles. The maximum Gasteiger partial charge on any atom is 0.269 e. The molecule has 0 unspecified atom stereocenters. The van der Waals surface area contributed by atoms with Crippen molar-refractivity contribution in [3.8, 4) is 0 Å². The molecule has 10 nitrogen and oxygen atoms in total. The highest BCUT2D eigenvalue weighted by atomic mass is 32.3. The third-order valence-electron chi connectivity index (χ3n) is 3.36. The number of rotatable bonds is 7. The summed E-state index contributed by atoms with van der Waals surface area (Å²) in [7, 11) is -1.61. The zero-order chi connectivity index (χ0) is 19.7. The van der Waals surface area contributed by atoms with Crippen molar-refractivity contribution >= 4 is 21.8 Å². The zero-order valence-corrected chi connectivity index (χ0v) is 15.6. The van der Waals surface area contributed by atoms with Gasteiger partial charge < -0.3 is 9.87 Å². The largest absolute Gasteiger partial charge is 0.726 e. The Balaban J connectivity index is 0.000000487. The average molecular weight is 386 g/mol. The van der Waals surface area contributed by atoms with Crippen LogP contribution in [-0.2, 0) is 28.2 Å². The normalized spacial score (nSPS) is 10.8. The van der Waals surface area contributed by atoms with E-state index in [1.54, 1.807) is 12.1 Å². The van der Waals surface area contributed by atoms with Gasteiger partial charge in [0.15, 0.2) is 0 Å². The molecule has 0 atom stereocenters. The van der Waals surface area contributed by atoms with Crippen molar-refractivity contribution in [2.75, 3.05) is 19.0 Å². The maximum absolute atomic E-state index is 10.7. The Morgan fingerprint density at radius 1 is 1.38 bits per heavy atom. The second-order valence-electron chi connectivity index (χ2n) is 5.43. The van der Waals surface area contributed by atoms with Crippen LogP contribution in [0.15, 0.2) is 36.9 Å². The molecule has 0 radical (unpaired) electrons. The molecule has 1 aromatic carbocycles. The monoisotopic (exact) mass is 386 g/mol. The first-order valence-corrected chi connectivity index (χ1v) is 8.97. The van der Waals surface area contributed by atoms with Crippen LogP contribution in [0.5, 0.6) is 0 Å². The van der Waals surface area contributed by atoms with Gasteiger partial charge in [-0.1, -0.05) is 0 Å². The topological polar surface area (TPSA) is 130 Å². The van der Waals surface area contributed by atoms with Gasteiger partial charge in [-0.15, -0.1) is 0 Å². The second-order valence-corrected chi connectivity index (χ2v) is 6.58. The van der Waals surface area contributed by atoms with Gasteiger partial charge in [0.05, 0.1) is 25.6 Å². The lowest BCUT2D eigenvalue weighted by molar-refractivity contribution is -0.671. The Kier molecular flexibility index (Phi) is 8.16. The van der Waals surface area contributed by atoms with Crippen LogP contribution in [0.4, 0.5) is 11.4 Å². The van der Waals surface area contributed by atoms with E-state index in [-0.39, 0.29) is 10.6 Å². The van der Waals surface area contributed by atoms with Crippen LogP contribution in [-0.4, -0.2) is 36.1 Å². The average Bonchev–Trinajstić information content (AvgIpc) is 2.98. The van der Waals surface area contributed by atoms with E-state index in [1.807, 2.05) is 37.3 Å². The van der Waals surface area contributed by atoms with Crippen LogP contribution in [0.3, 0.4) is 0 Å². The van der Waals surface area contributed by atoms with Crippen LogP contribution in [0.25, 0.3) is 0 Å². The Morgan fingerprint density at radius 2 is 2.04 bits per heavy atom. The second kappa shape index (κ2) is 9.85. The summed E-state index contributed by atoms with van der Waals surface area (Å²) >= 11 is 0. The van der Waals surface area contributed by atoms with E-state index >= 15 is 0 Å². The van der Waals surface area contributed by atoms with Gasteiger partial charge in [-0.3, -0.25) is 14.3 Å². The van der Waals surface area contributed by atoms with Gasteiger partial charge in [0.2, 0.25) is 16.7 Å². The summed E-state index contributed by atoms with van der Waals surface area (Å²) in [6.45, 7) is 3.65. The SMILES string of the molecule is COS(=O)(=O)[O-].Cc1cc([N+](=O)[O-])ccc1NCCCn1cc[n+](C)c1. The van der Waals surface area contributed by atoms with Gasteiger partial charge in [-0.2, -0.15) is 0 Å². The molecule has 1 aromatic heterocycles. The lowest BCUT2D eigenvalue weighted by Gasteiger charge is -2.08. The standard InChI is InChI=1S/C14H19N4O2.CH4O4S/c1-12-10-13(18(19)20)4-5-14(12)15-6-3-7-17-9-8-16(2)11-17;1-5-6(2,3)4/h4-5,8-11,15H,3,6-7H2,1-2H3;1H3,(H,2,3,4)/q+1;/p-1. The van der Waals surface area contributed by atoms with E-state index in [4.69, 9.17) is 0 Å². The minimum absolute atomic E-state index is 0.132. The predicted molar refractivity (Wildman–Crippen MR) is 93.3 cm³/mol. The van der Waals surface area contributed by atoms with Crippen molar-refractivity contribution in [2.45, 2.75) is 19.9 Å². The molecule has 0 saturated heterocycles. The molecule has 1 heterocycles. The van der Waals surface area contributed by atoms with E-state index in [1.165, 1.54) is 6.07 Å². The summed E-state index contributed by atoms with van der Waals surface area (Å²) in [5, 5.41) is 14.0. The molecule has 144 valence electrons. The summed E-state index contributed by atoms with van der Waals surface area (Å²) in [5.41, 5.74) is 1.98. The van der Waals surface area contributed by atoms with E-state index in [0.29, 0.717) is 0 Å². The molecular weight excluding hydrogens is 364 g/mol. The van der Waals surface area contributed by atoms with Gasteiger partial charge in [0.25, 0.3) is 5.69 Å². The number of non-ortho nitro benzene ring substituents is 1. The van der Waals surface area contributed by atoms with E-state index in [9.17, 15) is 23.1 Å². The summed E-state index contributed by atoms with van der Waals surface area (Å²) in [6, 6.07) is 4.89. The molecular formula is C15H22N4O6S. The Hall–Kier alpha value is -2.50. The van der Waals surface area contributed by atoms with Crippen LogP contribution in [0, 0.1) is 17.0 Å². The number of hydrogen-bond acceptors (Lipinski definition) is 7. The quantitative estimate of drug-likeness (QED) is 0.188. The number of nitrogens with one attached hydrogen (secondary N) is 1. The van der Waals surface area contributed by atoms with E-state index in [0.717, 1.165) is 37.9 Å². The summed E-state index contributed by atoms with van der Waals surface area (Å²) in [4.78, 5) is 10.3. The lowest BCUT2D eigenvalue weighted by Crippen LogP contribution is -2.23. The first-order valence-electron chi connectivity index (χ1n) is 7.63. The molecule has 26 heavy (non-hydrogen) atoms. The molecule has 0 bridgehead atoms. The molecule has 0 fully saturated rings. The minimum Gasteiger partial charge on any atom is -0.726 e. The molecule has 0 saturated carbocycles. The fraction of sp³-hybridized carbons (Fsp3) is 0.400. The van der Waals surface area contributed by atoms with Gasteiger partial charge in [0, 0.05) is 30.8 Å². The fourth-order valence-corrected chi connectivity index (χ4v) is 2.08. The number of benzene rings is 1. The molecule has 0 aliphatic heterocycles. The molecule has 0 aliphatic rings. The van der Waals surface area contributed by atoms with Crippen LogP contribution in [0.2, 0.25) is 0 Å². The zero-order valence-electron chi connectivity index (χ0n) is 14.8. The van der Waals surface area contributed by atoms with Crippen LogP contribution < -0.4 is 9.88 Å². The maximum atomic E-state index is 10.7. The molecule has 0 amide bonds. The first-order chi connectivity index (χ1) is 12.1. The van der Waals surface area contributed by atoms with Gasteiger partial charge in [-0.25, -0.2) is 17.6 Å². The number of nitro benzene ring substituents is 1. The molecule has 11 heteroatoms. The third kappa shape index (κ3) is 8.05. The molecule has 1 N–H and O–H groups in total. The number of aryl methyl sites for hydroxylation is 3. The van der Waals surface area contributed by atoms with Crippen molar-refractivity contribution in [1.29, 1.82) is 0 Å². The number of imidazole rings is 1. The van der Waals surface area contributed by atoms with Gasteiger partial charge in [-0.05, 0) is 18.6 Å². The number of nitrogens with zero attached hydrogens (tertiary/aromatic N) is 3. The number of nitro groups is 1. The first kappa shape index (κ1) is 21.5. The predicted octanol–water partition coefficient (Wildman–Crippen LogP) is 1.12. The highest BCUT2D eigenvalue weighted by Gasteiger charge is 2.07. The Labute approximate surface area is 152 Å². The van der Waals surface area contributed by atoms with Gasteiger partial charge in [0.1, 0.15) is 12.4 Å². The third-order valence-corrected chi connectivity index (χ3v) is 3.77. The number of aromatic nitrogens is 2. The molecule has 2 rings (SSSR count). The lowest BCUT2D eigenvalue weighted by atomic mass is 10.2. The van der Waals surface area contributed by atoms with Crippen molar-refractivity contribution in [3.05, 3.63) is 52.6 Å². The smallest absolute Gasteiger partial charge is 0.269 e. The van der Waals surface area contributed by atoms with Crippen molar-refractivity contribution in [1.82, 2.24) is 4.57 Å². The summed E-state index contributed by atoms with van der Waals surface area (Å²) in [6.07, 6.45) is 7.08. The molecule has 2 aromatic rings. The van der Waals surface area contributed by atoms with E-state index < -0.39 is 10.4 Å². The summed E-state index contributed by atoms with van der Waals surface area (Å²) < 4.78 is 35.2. The highest BCUT2D eigenvalue weighted by molar-refractivity contribution is 7.80. The summed E-state index contributed by atoms with van der Waals surface area (Å²) in [5.74, 6) is 0. The Bertz CT molecular complexity index is 834. The molecule has 0 spiro atoms. The fourth-order valence-electron chi connectivity index (χ4n) is 2.08. The van der Waals surface area contributed by atoms with Crippen LogP contribution in [0.1, 0.15) is 12.0 Å². The minimum atomic E-state index is -4.41. The van der Waals surface area contributed by atoms with Crippen molar-refractivity contribution in [2.24, 2.45) is 7.05 Å². The van der Waals surface area contributed by atoms with Crippen molar-refractivity contribution < 1.29 is 26.6 Å².